The minimum atomic E-state index is 0.281. The zero-order chi connectivity index (χ0) is 12.3. The summed E-state index contributed by atoms with van der Waals surface area (Å²) in [6.45, 7) is 4.75. The van der Waals surface area contributed by atoms with Crippen LogP contribution in [0.4, 0.5) is 0 Å². The molecular weight excluding hydrogens is 238 g/mol. The standard InChI is InChI=1S/C12H20ClN3O/c1-3-14-11(9-4-6-17-7-5-9)12-10(13)8-15-16(12)2/h8-9,11,14H,3-7H2,1-2H3. The highest BCUT2D eigenvalue weighted by atomic mass is 35.5. The van der Waals surface area contributed by atoms with E-state index in [1.165, 1.54) is 0 Å². The third-order valence-electron chi connectivity index (χ3n) is 3.39. The van der Waals surface area contributed by atoms with Crippen LogP contribution < -0.4 is 5.32 Å². The molecule has 1 aromatic rings. The van der Waals surface area contributed by atoms with Crippen LogP contribution in [-0.4, -0.2) is 29.5 Å². The van der Waals surface area contributed by atoms with Crippen LogP contribution in [0.25, 0.3) is 0 Å². The van der Waals surface area contributed by atoms with Gasteiger partial charge >= 0.3 is 0 Å². The fourth-order valence-electron chi connectivity index (χ4n) is 2.53. The number of rotatable bonds is 4. The minimum absolute atomic E-state index is 0.281. The molecule has 4 nitrogen and oxygen atoms in total. The summed E-state index contributed by atoms with van der Waals surface area (Å²) < 4.78 is 7.30. The van der Waals surface area contributed by atoms with E-state index in [0.29, 0.717) is 5.92 Å². The summed E-state index contributed by atoms with van der Waals surface area (Å²) >= 11 is 6.24. The lowest BCUT2D eigenvalue weighted by Crippen LogP contribution is -2.33. The minimum Gasteiger partial charge on any atom is -0.381 e. The predicted molar refractivity (Wildman–Crippen MR) is 68.2 cm³/mol. The fraction of sp³-hybridized carbons (Fsp3) is 0.750. The number of nitrogens with zero attached hydrogens (tertiary/aromatic N) is 2. The SMILES string of the molecule is CCNC(c1c(Cl)cnn1C)C1CCOCC1. The molecule has 96 valence electrons. The van der Waals surface area contributed by atoms with E-state index in [2.05, 4.69) is 17.3 Å². The van der Waals surface area contributed by atoms with E-state index < -0.39 is 0 Å². The van der Waals surface area contributed by atoms with Crippen molar-refractivity contribution in [2.75, 3.05) is 19.8 Å². The molecular formula is C12H20ClN3O. The molecule has 1 atom stereocenters. The average Bonchev–Trinajstić information content (AvgIpc) is 2.68. The van der Waals surface area contributed by atoms with E-state index in [4.69, 9.17) is 16.3 Å². The second kappa shape index (κ2) is 5.85. The molecule has 5 heteroatoms. The normalized spacial score (nSPS) is 19.5. The van der Waals surface area contributed by atoms with Gasteiger partial charge in [0.25, 0.3) is 0 Å². The first-order chi connectivity index (χ1) is 8.24. The summed E-state index contributed by atoms with van der Waals surface area (Å²) in [4.78, 5) is 0. The summed E-state index contributed by atoms with van der Waals surface area (Å²) in [6, 6.07) is 0.281. The molecule has 1 fully saturated rings. The third-order valence-corrected chi connectivity index (χ3v) is 3.68. The lowest BCUT2D eigenvalue weighted by atomic mass is 9.89. The van der Waals surface area contributed by atoms with Gasteiger partial charge in [0.1, 0.15) is 0 Å². The van der Waals surface area contributed by atoms with Crippen molar-refractivity contribution in [1.82, 2.24) is 15.1 Å². The molecule has 1 unspecified atom stereocenters. The molecule has 17 heavy (non-hydrogen) atoms. The molecule has 2 rings (SSSR count). The Kier molecular flexibility index (Phi) is 4.42. The van der Waals surface area contributed by atoms with Gasteiger partial charge in [0.2, 0.25) is 0 Å². The molecule has 0 spiro atoms. The first kappa shape index (κ1) is 12.9. The van der Waals surface area contributed by atoms with Crippen LogP contribution in [0.1, 0.15) is 31.5 Å². The Balaban J connectivity index is 2.21. The van der Waals surface area contributed by atoms with Gasteiger partial charge < -0.3 is 10.1 Å². The van der Waals surface area contributed by atoms with Gasteiger partial charge in [-0.15, -0.1) is 0 Å². The van der Waals surface area contributed by atoms with Crippen LogP contribution in [-0.2, 0) is 11.8 Å². The first-order valence-electron chi connectivity index (χ1n) is 6.22. The maximum Gasteiger partial charge on any atom is 0.0834 e. The highest BCUT2D eigenvalue weighted by Crippen LogP contribution is 2.33. The summed E-state index contributed by atoms with van der Waals surface area (Å²) in [5.74, 6) is 0.580. The molecule has 0 radical (unpaired) electrons. The van der Waals surface area contributed by atoms with Crippen molar-refractivity contribution in [2.45, 2.75) is 25.8 Å². The van der Waals surface area contributed by atoms with E-state index in [1.54, 1.807) is 6.20 Å². The zero-order valence-electron chi connectivity index (χ0n) is 10.4. The Bertz CT molecular complexity index is 341. The molecule has 0 saturated carbocycles. The van der Waals surface area contributed by atoms with Gasteiger partial charge in [0, 0.05) is 20.3 Å². The molecule has 0 aromatic carbocycles. The largest absolute Gasteiger partial charge is 0.381 e. The van der Waals surface area contributed by atoms with Crippen molar-refractivity contribution in [3.8, 4) is 0 Å². The number of ether oxygens (including phenoxy) is 1. The molecule has 1 saturated heterocycles. The summed E-state index contributed by atoms with van der Waals surface area (Å²) in [6.07, 6.45) is 3.89. The molecule has 1 aromatic heterocycles. The van der Waals surface area contributed by atoms with E-state index in [9.17, 15) is 0 Å². The van der Waals surface area contributed by atoms with Gasteiger partial charge in [-0.2, -0.15) is 5.10 Å². The number of nitrogens with one attached hydrogen (secondary N) is 1. The third kappa shape index (κ3) is 2.81. The maximum atomic E-state index is 6.24. The molecule has 2 heterocycles. The van der Waals surface area contributed by atoms with Crippen molar-refractivity contribution in [3.05, 3.63) is 16.9 Å². The smallest absolute Gasteiger partial charge is 0.0834 e. The molecule has 0 bridgehead atoms. The van der Waals surface area contributed by atoms with Crippen molar-refractivity contribution < 1.29 is 4.74 Å². The molecule has 1 aliphatic rings. The predicted octanol–water partition coefficient (Wildman–Crippen LogP) is 2.15. The lowest BCUT2D eigenvalue weighted by Gasteiger charge is -2.31. The number of aryl methyl sites for hydroxylation is 1. The fourth-order valence-corrected chi connectivity index (χ4v) is 2.81. The van der Waals surface area contributed by atoms with Crippen LogP contribution in [0, 0.1) is 5.92 Å². The Labute approximate surface area is 107 Å². The van der Waals surface area contributed by atoms with Crippen molar-refractivity contribution in [2.24, 2.45) is 13.0 Å². The summed E-state index contributed by atoms with van der Waals surface area (Å²) in [7, 11) is 1.95. The zero-order valence-corrected chi connectivity index (χ0v) is 11.2. The topological polar surface area (TPSA) is 39.1 Å². The maximum absolute atomic E-state index is 6.24. The van der Waals surface area contributed by atoms with Crippen molar-refractivity contribution in [3.63, 3.8) is 0 Å². The monoisotopic (exact) mass is 257 g/mol. The Morgan fingerprint density at radius 1 is 1.59 bits per heavy atom. The Morgan fingerprint density at radius 2 is 2.29 bits per heavy atom. The van der Waals surface area contributed by atoms with Gasteiger partial charge in [-0.25, -0.2) is 0 Å². The van der Waals surface area contributed by atoms with Gasteiger partial charge in [0.05, 0.1) is 23.0 Å². The highest BCUT2D eigenvalue weighted by molar-refractivity contribution is 6.31. The van der Waals surface area contributed by atoms with Gasteiger partial charge in [0.15, 0.2) is 0 Å². The van der Waals surface area contributed by atoms with Crippen LogP contribution in [0.3, 0.4) is 0 Å². The van der Waals surface area contributed by atoms with E-state index in [-0.39, 0.29) is 6.04 Å². The van der Waals surface area contributed by atoms with Crippen LogP contribution in [0.15, 0.2) is 6.20 Å². The van der Waals surface area contributed by atoms with Crippen LogP contribution in [0.5, 0.6) is 0 Å². The molecule has 1 aliphatic heterocycles. The number of hydrogen-bond donors (Lipinski definition) is 1. The second-order valence-electron chi connectivity index (χ2n) is 4.49. The van der Waals surface area contributed by atoms with E-state index in [0.717, 1.165) is 43.3 Å². The Morgan fingerprint density at radius 3 is 2.82 bits per heavy atom. The number of aromatic nitrogens is 2. The average molecular weight is 258 g/mol. The highest BCUT2D eigenvalue weighted by Gasteiger charge is 2.28. The quantitative estimate of drug-likeness (QED) is 0.898. The van der Waals surface area contributed by atoms with Crippen LogP contribution >= 0.6 is 11.6 Å². The van der Waals surface area contributed by atoms with Gasteiger partial charge in [-0.1, -0.05) is 18.5 Å². The summed E-state index contributed by atoms with van der Waals surface area (Å²) in [5, 5.41) is 8.52. The van der Waals surface area contributed by atoms with Gasteiger partial charge in [-0.3, -0.25) is 4.68 Å². The molecule has 0 amide bonds. The number of hydrogen-bond acceptors (Lipinski definition) is 3. The van der Waals surface area contributed by atoms with E-state index >= 15 is 0 Å². The first-order valence-corrected chi connectivity index (χ1v) is 6.60. The van der Waals surface area contributed by atoms with E-state index in [1.807, 2.05) is 11.7 Å². The molecule has 0 aliphatic carbocycles. The van der Waals surface area contributed by atoms with Crippen LogP contribution in [0.2, 0.25) is 5.02 Å². The van der Waals surface area contributed by atoms with Crippen molar-refractivity contribution >= 4 is 11.6 Å². The summed E-state index contributed by atoms with van der Waals surface area (Å²) in [5.41, 5.74) is 1.10. The Hall–Kier alpha value is -0.580. The second-order valence-corrected chi connectivity index (χ2v) is 4.89. The molecule has 1 N–H and O–H groups in total. The lowest BCUT2D eigenvalue weighted by molar-refractivity contribution is 0.0528. The number of halogens is 1. The van der Waals surface area contributed by atoms with Gasteiger partial charge in [-0.05, 0) is 25.3 Å². The van der Waals surface area contributed by atoms with Crippen molar-refractivity contribution in [1.29, 1.82) is 0 Å².